The smallest absolute Gasteiger partial charge is 0.237 e. The van der Waals surface area contributed by atoms with Crippen molar-refractivity contribution in [3.63, 3.8) is 0 Å². The number of piperidine rings is 1. The number of hydrogen-bond acceptors (Lipinski definition) is 5. The Hall–Kier alpha value is -1.96. The minimum absolute atomic E-state index is 0.162. The van der Waals surface area contributed by atoms with Crippen LogP contribution >= 0.6 is 0 Å². The number of nitrogens with zero attached hydrogens (tertiary/aromatic N) is 2. The molecule has 5 rings (SSSR count). The van der Waals surface area contributed by atoms with Gasteiger partial charge in [-0.3, -0.25) is 4.79 Å². The molecule has 30 heavy (non-hydrogen) atoms. The molecule has 1 fully saturated rings. The van der Waals surface area contributed by atoms with E-state index in [1.807, 2.05) is 42.3 Å². The van der Waals surface area contributed by atoms with Gasteiger partial charge in [-0.2, -0.15) is 0 Å². The van der Waals surface area contributed by atoms with Gasteiger partial charge in [0.25, 0.3) is 0 Å². The van der Waals surface area contributed by atoms with Crippen molar-refractivity contribution in [2.75, 3.05) is 43.9 Å². The highest BCUT2D eigenvalue weighted by Gasteiger charge is 2.50. The fourth-order valence-corrected chi connectivity index (χ4v) is 7.14. The molecule has 0 N–H and O–H groups in total. The van der Waals surface area contributed by atoms with Crippen LogP contribution in [0.4, 0.5) is 5.69 Å². The number of amides is 1. The van der Waals surface area contributed by atoms with Gasteiger partial charge in [0.15, 0.2) is 9.84 Å². The number of allylic oxidation sites excluding steroid dienone is 2. The molecular formula is C23H28N2O4S. The molecular weight excluding hydrogens is 400 g/mol. The molecule has 1 aliphatic carbocycles. The lowest BCUT2D eigenvalue weighted by molar-refractivity contribution is -0.124. The number of anilines is 1. The molecule has 4 aliphatic rings. The number of carbonyl (C=O) groups excluding carboxylic acids is 1. The lowest BCUT2D eigenvalue weighted by Gasteiger charge is -2.38. The van der Waals surface area contributed by atoms with E-state index in [1.54, 1.807) is 0 Å². The standard InChI is InChI=1S/C23H28N2O4S/c1-24-20-5-3-2-4-19(20)23(22(24)26)9-11-25(12-10-23)13-14-29-18-7-6-17-8-15-30(27,28)21(17)16-18/h2-7,18H,8-16H2,1H3. The molecule has 3 aliphatic heterocycles. The molecule has 1 aromatic carbocycles. The first-order valence-corrected chi connectivity index (χ1v) is 12.4. The van der Waals surface area contributed by atoms with E-state index in [9.17, 15) is 13.2 Å². The van der Waals surface area contributed by atoms with E-state index in [0.29, 0.717) is 24.4 Å². The van der Waals surface area contributed by atoms with Gasteiger partial charge in [-0.25, -0.2) is 8.42 Å². The van der Waals surface area contributed by atoms with Crippen LogP contribution in [0.5, 0.6) is 0 Å². The van der Waals surface area contributed by atoms with Crippen molar-refractivity contribution in [1.29, 1.82) is 0 Å². The third kappa shape index (κ3) is 3.15. The average molecular weight is 429 g/mol. The quantitative estimate of drug-likeness (QED) is 0.737. The first-order valence-electron chi connectivity index (χ1n) is 10.8. The SMILES string of the molecule is CN1C(=O)C2(CCN(CCOC3C=CC4=C(C3)S(=O)(=O)CC4)CC2)c2ccccc21. The van der Waals surface area contributed by atoms with E-state index < -0.39 is 9.84 Å². The van der Waals surface area contributed by atoms with Crippen molar-refractivity contribution in [3.8, 4) is 0 Å². The Labute approximate surface area is 178 Å². The number of ether oxygens (including phenoxy) is 1. The van der Waals surface area contributed by atoms with Gasteiger partial charge in [0, 0.05) is 25.7 Å². The van der Waals surface area contributed by atoms with E-state index in [4.69, 9.17) is 4.74 Å². The summed E-state index contributed by atoms with van der Waals surface area (Å²) in [6.07, 6.45) is 6.51. The van der Waals surface area contributed by atoms with Gasteiger partial charge in [-0.05, 0) is 49.6 Å². The fourth-order valence-electron chi connectivity index (χ4n) is 5.42. The molecule has 7 heteroatoms. The van der Waals surface area contributed by atoms with Gasteiger partial charge in [-0.15, -0.1) is 0 Å². The second-order valence-corrected chi connectivity index (χ2v) is 10.9. The minimum atomic E-state index is -3.07. The third-order valence-corrected chi connectivity index (χ3v) is 9.14. The molecule has 0 aromatic heterocycles. The summed E-state index contributed by atoms with van der Waals surface area (Å²) in [5, 5.41) is 0. The highest BCUT2D eigenvalue weighted by atomic mass is 32.2. The van der Waals surface area contributed by atoms with E-state index in [-0.39, 0.29) is 23.2 Å². The number of likely N-dealkylation sites (tertiary alicyclic amines) is 1. The van der Waals surface area contributed by atoms with Crippen molar-refractivity contribution in [1.82, 2.24) is 4.90 Å². The van der Waals surface area contributed by atoms with E-state index in [2.05, 4.69) is 11.0 Å². The summed E-state index contributed by atoms with van der Waals surface area (Å²) < 4.78 is 30.3. The van der Waals surface area contributed by atoms with Crippen molar-refractivity contribution < 1.29 is 17.9 Å². The van der Waals surface area contributed by atoms with Crippen LogP contribution in [-0.4, -0.2) is 64.4 Å². The van der Waals surface area contributed by atoms with Gasteiger partial charge < -0.3 is 14.5 Å². The number of likely N-dealkylation sites (N-methyl/N-ethyl adjacent to an activating group) is 1. The van der Waals surface area contributed by atoms with Crippen LogP contribution in [0.25, 0.3) is 0 Å². The molecule has 3 heterocycles. The van der Waals surface area contributed by atoms with Crippen LogP contribution < -0.4 is 4.90 Å². The monoisotopic (exact) mass is 428 g/mol. The summed E-state index contributed by atoms with van der Waals surface area (Å²) in [6.45, 7) is 3.09. The first-order chi connectivity index (χ1) is 14.4. The molecule has 1 atom stereocenters. The second kappa shape index (κ2) is 7.32. The Morgan fingerprint density at radius 1 is 1.20 bits per heavy atom. The molecule has 1 aromatic rings. The molecule has 0 saturated carbocycles. The predicted molar refractivity (Wildman–Crippen MR) is 116 cm³/mol. The largest absolute Gasteiger partial charge is 0.372 e. The van der Waals surface area contributed by atoms with Crippen LogP contribution in [0.2, 0.25) is 0 Å². The lowest BCUT2D eigenvalue weighted by atomic mass is 9.73. The van der Waals surface area contributed by atoms with Crippen LogP contribution in [0.1, 0.15) is 31.2 Å². The first kappa shape index (κ1) is 20.0. The van der Waals surface area contributed by atoms with E-state index >= 15 is 0 Å². The van der Waals surface area contributed by atoms with E-state index in [1.165, 1.54) is 5.56 Å². The Bertz CT molecular complexity index is 1040. The number of benzene rings is 1. The molecule has 1 unspecified atom stereocenters. The molecule has 6 nitrogen and oxygen atoms in total. The molecule has 160 valence electrons. The predicted octanol–water partition coefficient (Wildman–Crippen LogP) is 2.41. The lowest BCUT2D eigenvalue weighted by Crippen LogP contribution is -2.48. The average Bonchev–Trinajstić information content (AvgIpc) is 3.17. The van der Waals surface area contributed by atoms with E-state index in [0.717, 1.165) is 43.7 Å². The van der Waals surface area contributed by atoms with Crippen molar-refractivity contribution in [3.05, 3.63) is 52.5 Å². The normalized spacial score (nSPS) is 27.0. The number of para-hydroxylation sites is 1. The van der Waals surface area contributed by atoms with Gasteiger partial charge in [-0.1, -0.05) is 30.4 Å². The molecule has 0 bridgehead atoms. The highest BCUT2D eigenvalue weighted by molar-refractivity contribution is 7.95. The molecule has 0 radical (unpaired) electrons. The minimum Gasteiger partial charge on any atom is -0.372 e. The highest BCUT2D eigenvalue weighted by Crippen LogP contribution is 2.47. The van der Waals surface area contributed by atoms with Crippen molar-refractivity contribution in [2.24, 2.45) is 0 Å². The zero-order chi connectivity index (χ0) is 20.9. The van der Waals surface area contributed by atoms with Crippen LogP contribution in [-0.2, 0) is 24.8 Å². The number of carbonyl (C=O) groups is 1. The number of fused-ring (bicyclic) bond motifs is 2. The summed E-state index contributed by atoms with van der Waals surface area (Å²) >= 11 is 0. The topological polar surface area (TPSA) is 66.9 Å². The second-order valence-electron chi connectivity index (χ2n) is 8.79. The maximum atomic E-state index is 13.0. The Morgan fingerprint density at radius 3 is 2.77 bits per heavy atom. The number of hydrogen-bond donors (Lipinski definition) is 0. The molecule has 1 saturated heterocycles. The summed E-state index contributed by atoms with van der Waals surface area (Å²) in [5.41, 5.74) is 2.79. The van der Waals surface area contributed by atoms with Crippen LogP contribution in [0.3, 0.4) is 0 Å². The van der Waals surface area contributed by atoms with Crippen molar-refractivity contribution >= 4 is 21.4 Å². The zero-order valence-electron chi connectivity index (χ0n) is 17.3. The van der Waals surface area contributed by atoms with Gasteiger partial charge >= 0.3 is 0 Å². The Kier molecular flexibility index (Phi) is 4.87. The van der Waals surface area contributed by atoms with Gasteiger partial charge in [0.05, 0.1) is 28.8 Å². The van der Waals surface area contributed by atoms with Crippen LogP contribution in [0.15, 0.2) is 46.9 Å². The number of sulfone groups is 1. The van der Waals surface area contributed by atoms with Gasteiger partial charge in [0.1, 0.15) is 0 Å². The Balaban J connectivity index is 1.15. The number of rotatable bonds is 4. The van der Waals surface area contributed by atoms with Gasteiger partial charge in [0.2, 0.25) is 5.91 Å². The van der Waals surface area contributed by atoms with Crippen LogP contribution in [0, 0.1) is 0 Å². The van der Waals surface area contributed by atoms with Crippen molar-refractivity contribution in [2.45, 2.75) is 37.2 Å². The maximum Gasteiger partial charge on any atom is 0.237 e. The summed E-state index contributed by atoms with van der Waals surface area (Å²) in [7, 11) is -1.20. The Morgan fingerprint density at radius 2 is 1.97 bits per heavy atom. The summed E-state index contributed by atoms with van der Waals surface area (Å²) in [4.78, 5) is 17.8. The molecule has 1 amide bonds. The third-order valence-electron chi connectivity index (χ3n) is 7.22. The fraction of sp³-hybridized carbons (Fsp3) is 0.522. The summed E-state index contributed by atoms with van der Waals surface area (Å²) in [6, 6.07) is 8.15. The molecule has 1 spiro atoms. The summed E-state index contributed by atoms with van der Waals surface area (Å²) in [5.74, 6) is 0.454. The maximum absolute atomic E-state index is 13.0. The zero-order valence-corrected chi connectivity index (χ0v) is 18.2.